The molecule has 0 radical (unpaired) electrons. The van der Waals surface area contributed by atoms with Crippen molar-refractivity contribution in [3.63, 3.8) is 0 Å². The van der Waals surface area contributed by atoms with E-state index in [9.17, 15) is 35.9 Å². The number of urea groups is 1. The van der Waals surface area contributed by atoms with Crippen molar-refractivity contribution in [2.45, 2.75) is 57.9 Å². The molecular formula is C26H29F6N3O2. The van der Waals surface area contributed by atoms with Crippen LogP contribution in [0.15, 0.2) is 29.8 Å². The van der Waals surface area contributed by atoms with E-state index in [-0.39, 0.29) is 18.7 Å². The number of carbonyl (C=O) groups excluding carboxylic acids is 2. The predicted molar refractivity (Wildman–Crippen MR) is 124 cm³/mol. The zero-order chi connectivity index (χ0) is 26.9. The van der Waals surface area contributed by atoms with E-state index in [1.54, 1.807) is 0 Å². The SMILES string of the molecule is CC1(C)[C@H]2CC=C(CN3CCC(N4CC(=O)N(c5cc(C(F)(F)F)cc(C(F)(F)F)c5)C4=O)CC3)[C@@H]1C2. The number of halogens is 6. The van der Waals surface area contributed by atoms with Gasteiger partial charge in [0.05, 0.1) is 16.8 Å². The van der Waals surface area contributed by atoms with E-state index in [1.807, 2.05) is 0 Å². The summed E-state index contributed by atoms with van der Waals surface area (Å²) < 4.78 is 79.7. The van der Waals surface area contributed by atoms with Gasteiger partial charge in [-0.2, -0.15) is 26.3 Å². The molecule has 3 amide bonds. The number of hydrogen-bond acceptors (Lipinski definition) is 3. The maximum Gasteiger partial charge on any atom is 0.416 e. The zero-order valence-corrected chi connectivity index (χ0v) is 20.6. The van der Waals surface area contributed by atoms with Crippen LogP contribution in [0.1, 0.15) is 50.7 Å². The van der Waals surface area contributed by atoms with Crippen molar-refractivity contribution in [3.05, 3.63) is 41.0 Å². The third-order valence-corrected chi connectivity index (χ3v) is 8.81. The number of allylic oxidation sites excluding steroid dienone is 1. The van der Waals surface area contributed by atoms with Crippen LogP contribution in [-0.4, -0.2) is 54.0 Å². The minimum atomic E-state index is -5.07. The summed E-state index contributed by atoms with van der Waals surface area (Å²) in [4.78, 5) is 29.8. The minimum absolute atomic E-state index is 0.0192. The number of nitrogens with zero attached hydrogens (tertiary/aromatic N) is 3. The number of likely N-dealkylation sites (tertiary alicyclic amines) is 1. The van der Waals surface area contributed by atoms with Crippen LogP contribution in [0, 0.1) is 17.3 Å². The van der Waals surface area contributed by atoms with E-state index in [0.29, 0.717) is 54.3 Å². The average Bonchev–Trinajstić information content (AvgIpc) is 3.11. The van der Waals surface area contributed by atoms with Crippen molar-refractivity contribution in [1.29, 1.82) is 0 Å². The van der Waals surface area contributed by atoms with Gasteiger partial charge in [-0.05, 0) is 61.1 Å². The first-order valence-corrected chi connectivity index (χ1v) is 12.5. The lowest BCUT2D eigenvalue weighted by Gasteiger charge is -2.57. The summed E-state index contributed by atoms with van der Waals surface area (Å²) in [5, 5.41) is 0. The van der Waals surface area contributed by atoms with Crippen LogP contribution in [0.2, 0.25) is 0 Å². The molecule has 2 atom stereocenters. The lowest BCUT2D eigenvalue weighted by molar-refractivity contribution is -0.143. The molecule has 11 heteroatoms. The molecule has 2 saturated heterocycles. The van der Waals surface area contributed by atoms with Gasteiger partial charge in [0.15, 0.2) is 0 Å². The predicted octanol–water partition coefficient (Wildman–Crippen LogP) is 5.95. The van der Waals surface area contributed by atoms with E-state index >= 15 is 0 Å². The molecule has 2 heterocycles. The fraction of sp³-hybridized carbons (Fsp3) is 0.615. The first-order chi connectivity index (χ1) is 17.2. The third-order valence-electron chi connectivity index (χ3n) is 8.81. The molecule has 2 bridgehead atoms. The van der Waals surface area contributed by atoms with Gasteiger partial charge in [0.2, 0.25) is 0 Å². The van der Waals surface area contributed by atoms with Crippen LogP contribution in [0.25, 0.3) is 0 Å². The number of carbonyl (C=O) groups is 2. The maximum absolute atomic E-state index is 13.3. The van der Waals surface area contributed by atoms with Gasteiger partial charge in [0, 0.05) is 25.7 Å². The molecular weight excluding hydrogens is 500 g/mol. The Balaban J connectivity index is 1.27. The Morgan fingerprint density at radius 2 is 1.54 bits per heavy atom. The summed E-state index contributed by atoms with van der Waals surface area (Å²) in [6.45, 7) is 6.50. The highest BCUT2D eigenvalue weighted by Gasteiger charge is 2.51. The summed E-state index contributed by atoms with van der Waals surface area (Å²) >= 11 is 0. The second-order valence-electron chi connectivity index (χ2n) is 11.2. The molecule has 202 valence electrons. The Bertz CT molecular complexity index is 1100. The lowest BCUT2D eigenvalue weighted by atomic mass is 9.49. The second kappa shape index (κ2) is 8.74. The van der Waals surface area contributed by atoms with Crippen LogP contribution >= 0.6 is 0 Å². The number of benzene rings is 1. The van der Waals surface area contributed by atoms with Crippen LogP contribution in [0.4, 0.5) is 36.8 Å². The van der Waals surface area contributed by atoms with Crippen LogP contribution < -0.4 is 4.90 Å². The molecule has 6 rings (SSSR count). The van der Waals surface area contributed by atoms with E-state index < -0.39 is 41.1 Å². The van der Waals surface area contributed by atoms with Crippen molar-refractivity contribution in [3.8, 4) is 0 Å². The van der Waals surface area contributed by atoms with Gasteiger partial charge >= 0.3 is 18.4 Å². The van der Waals surface area contributed by atoms with Crippen molar-refractivity contribution >= 4 is 17.6 Å². The molecule has 1 aromatic rings. The van der Waals surface area contributed by atoms with Gasteiger partial charge in [-0.1, -0.05) is 25.5 Å². The Labute approximate surface area is 211 Å². The highest BCUT2D eigenvalue weighted by molar-refractivity contribution is 6.20. The van der Waals surface area contributed by atoms with E-state index in [4.69, 9.17) is 0 Å². The number of alkyl halides is 6. The lowest BCUT2D eigenvalue weighted by Crippen LogP contribution is -2.51. The fourth-order valence-corrected chi connectivity index (χ4v) is 6.43. The maximum atomic E-state index is 13.3. The first-order valence-electron chi connectivity index (χ1n) is 12.5. The molecule has 3 aliphatic carbocycles. The average molecular weight is 530 g/mol. The monoisotopic (exact) mass is 529 g/mol. The van der Waals surface area contributed by atoms with Crippen LogP contribution in [0.5, 0.6) is 0 Å². The second-order valence-corrected chi connectivity index (χ2v) is 11.2. The molecule has 5 aliphatic rings. The largest absolute Gasteiger partial charge is 0.416 e. The summed E-state index contributed by atoms with van der Waals surface area (Å²) in [5.74, 6) is 0.496. The van der Waals surface area contributed by atoms with E-state index in [1.165, 1.54) is 16.9 Å². The Morgan fingerprint density at radius 1 is 0.946 bits per heavy atom. The molecule has 3 fully saturated rings. The standard InChI is InChI=1S/C26H29F6N3O2/c1-24(2)16-4-3-15(21(24)12-16)13-33-7-5-19(6-8-33)34-14-22(36)35(23(34)37)20-10-17(25(27,28)29)9-18(11-20)26(30,31)32/h3,9-11,16,19,21H,4-8,12-14H2,1-2H3/t16-,21-/m0/s1. The van der Waals surface area contributed by atoms with E-state index in [0.717, 1.165) is 18.9 Å². The van der Waals surface area contributed by atoms with Crippen molar-refractivity contribution < 1.29 is 35.9 Å². The van der Waals surface area contributed by atoms with Gasteiger partial charge in [0.1, 0.15) is 6.54 Å². The molecule has 0 N–H and O–H groups in total. The van der Waals surface area contributed by atoms with Gasteiger partial charge in [0.25, 0.3) is 5.91 Å². The Morgan fingerprint density at radius 3 is 2.05 bits per heavy atom. The molecule has 1 saturated carbocycles. The van der Waals surface area contributed by atoms with Crippen molar-refractivity contribution in [1.82, 2.24) is 9.80 Å². The highest BCUT2D eigenvalue weighted by Crippen LogP contribution is 2.59. The summed E-state index contributed by atoms with van der Waals surface area (Å²) in [6.07, 6.45) is -4.32. The van der Waals surface area contributed by atoms with Crippen LogP contribution in [0.3, 0.4) is 0 Å². The molecule has 0 aromatic heterocycles. The summed E-state index contributed by atoms with van der Waals surface area (Å²) in [7, 11) is 0. The molecule has 0 spiro atoms. The van der Waals surface area contributed by atoms with Crippen molar-refractivity contribution in [2.75, 3.05) is 31.1 Å². The topological polar surface area (TPSA) is 43.9 Å². The van der Waals surface area contributed by atoms with Crippen molar-refractivity contribution in [2.24, 2.45) is 17.3 Å². The quantitative estimate of drug-likeness (QED) is 0.275. The van der Waals surface area contributed by atoms with E-state index in [2.05, 4.69) is 24.8 Å². The summed E-state index contributed by atoms with van der Waals surface area (Å²) in [5.41, 5.74) is -2.08. The Kier molecular flexibility index (Phi) is 6.16. The van der Waals surface area contributed by atoms with Gasteiger partial charge in [-0.15, -0.1) is 0 Å². The number of amides is 3. The number of rotatable bonds is 4. The number of hydrogen-bond donors (Lipinski definition) is 0. The summed E-state index contributed by atoms with van der Waals surface area (Å²) in [6, 6.07) is -0.374. The first kappa shape index (κ1) is 26.1. The smallest absolute Gasteiger partial charge is 0.312 e. The van der Waals surface area contributed by atoms with Gasteiger partial charge < -0.3 is 4.90 Å². The molecule has 2 aliphatic heterocycles. The third kappa shape index (κ3) is 4.64. The molecule has 1 aromatic carbocycles. The Hall–Kier alpha value is -2.56. The zero-order valence-electron chi connectivity index (χ0n) is 20.6. The number of fused-ring (bicyclic) bond motifs is 1. The van der Waals surface area contributed by atoms with Crippen LogP contribution in [-0.2, 0) is 17.1 Å². The number of imide groups is 1. The fourth-order valence-electron chi connectivity index (χ4n) is 6.43. The minimum Gasteiger partial charge on any atom is -0.312 e. The molecule has 0 unspecified atom stereocenters. The number of piperidine rings is 1. The molecule has 5 nitrogen and oxygen atoms in total. The normalized spacial score (nSPS) is 27.0. The van der Waals surface area contributed by atoms with Gasteiger partial charge in [-0.3, -0.25) is 9.69 Å². The molecule has 37 heavy (non-hydrogen) atoms. The highest BCUT2D eigenvalue weighted by atomic mass is 19.4. The number of anilines is 1. The van der Waals surface area contributed by atoms with Gasteiger partial charge in [-0.25, -0.2) is 9.69 Å².